The van der Waals surface area contributed by atoms with Gasteiger partial charge in [-0.1, -0.05) is 197 Å². The van der Waals surface area contributed by atoms with Gasteiger partial charge in [-0.25, -0.2) is 0 Å². The van der Waals surface area contributed by atoms with Crippen molar-refractivity contribution in [2.75, 3.05) is 0 Å². The van der Waals surface area contributed by atoms with E-state index in [0.717, 1.165) is 19.3 Å². The summed E-state index contributed by atoms with van der Waals surface area (Å²) in [4.78, 5) is 1.52. The molecule has 1 heterocycles. The largest absolute Gasteiger partial charge is 0.140 e. The highest BCUT2D eigenvalue weighted by atomic mass is 32.1. The average molecular weight is 761 g/mol. The Hall–Kier alpha value is -5.76. The van der Waals surface area contributed by atoms with Gasteiger partial charge in [0.2, 0.25) is 0 Å². The third kappa shape index (κ3) is 10.6. The van der Waals surface area contributed by atoms with E-state index in [1.165, 1.54) is 93.7 Å². The highest BCUT2D eigenvalue weighted by Crippen LogP contribution is 2.41. The van der Waals surface area contributed by atoms with Crippen molar-refractivity contribution in [3.63, 3.8) is 0 Å². The van der Waals surface area contributed by atoms with Crippen LogP contribution in [0.1, 0.15) is 72.7 Å². The van der Waals surface area contributed by atoms with E-state index in [1.807, 2.05) is 17.4 Å². The molecule has 0 N–H and O–H groups in total. The standard InChI is InChI=1S/C34H32S.C19H16.C3H8/c1-4-5-6-7-8-9-15-26-22-34-32(29-17-12-13-18-33(29)35-34)23-31(26)27-20-19-25(3)30(21-27)28-16-11-10-14-24(28)2;1-15-7-9-17(10-8-15)19-13-11-18(12-14-19)16-5-3-2-4-6-16;1-3-2/h5-12,14-17,19-23H,4,13,18H2,1-3H3;2-14H,1H3;3H2,1-2H3/b6-5+,8-7-,15-9-;;. The summed E-state index contributed by atoms with van der Waals surface area (Å²) in [6.45, 7) is 12.9. The van der Waals surface area contributed by atoms with Gasteiger partial charge in [-0.15, -0.1) is 11.3 Å². The second-order valence-electron chi connectivity index (χ2n) is 14.8. The fraction of sp³-hybridized carbons (Fsp3) is 0.179. The van der Waals surface area contributed by atoms with Gasteiger partial charge in [-0.2, -0.15) is 0 Å². The first-order valence-electron chi connectivity index (χ1n) is 20.6. The van der Waals surface area contributed by atoms with Crippen molar-refractivity contribution < 1.29 is 0 Å². The summed E-state index contributed by atoms with van der Waals surface area (Å²) in [5.41, 5.74) is 16.8. The van der Waals surface area contributed by atoms with Crippen LogP contribution >= 0.6 is 11.3 Å². The van der Waals surface area contributed by atoms with Crippen LogP contribution in [0.15, 0.2) is 170 Å². The second kappa shape index (κ2) is 20.4. The van der Waals surface area contributed by atoms with Crippen molar-refractivity contribution in [1.29, 1.82) is 0 Å². The normalized spacial score (nSPS) is 12.1. The summed E-state index contributed by atoms with van der Waals surface area (Å²) in [5, 5.41) is 1.38. The molecule has 0 saturated heterocycles. The number of hydrogen-bond acceptors (Lipinski definition) is 1. The van der Waals surface area contributed by atoms with E-state index in [4.69, 9.17) is 0 Å². The van der Waals surface area contributed by atoms with Crippen molar-refractivity contribution in [3.05, 3.63) is 203 Å². The molecule has 8 rings (SSSR count). The van der Waals surface area contributed by atoms with Gasteiger partial charge in [0, 0.05) is 15.0 Å². The minimum Gasteiger partial charge on any atom is -0.140 e. The van der Waals surface area contributed by atoms with E-state index < -0.39 is 0 Å². The Morgan fingerprint density at radius 1 is 0.544 bits per heavy atom. The van der Waals surface area contributed by atoms with E-state index in [2.05, 4.69) is 218 Å². The molecule has 286 valence electrons. The van der Waals surface area contributed by atoms with E-state index in [9.17, 15) is 0 Å². The summed E-state index contributed by atoms with van der Waals surface area (Å²) < 4.78 is 1.38. The maximum atomic E-state index is 2.42. The Morgan fingerprint density at radius 3 is 1.82 bits per heavy atom. The third-order valence-electron chi connectivity index (χ3n) is 10.1. The van der Waals surface area contributed by atoms with Gasteiger partial charge in [0.05, 0.1) is 0 Å². The molecule has 0 amide bonds. The van der Waals surface area contributed by atoms with E-state index in [1.54, 1.807) is 0 Å². The number of hydrogen-bond donors (Lipinski definition) is 0. The zero-order chi connectivity index (χ0) is 40.0. The molecule has 1 aromatic heterocycles. The minimum absolute atomic E-state index is 1.06. The van der Waals surface area contributed by atoms with Crippen molar-refractivity contribution in [2.45, 2.75) is 67.2 Å². The van der Waals surface area contributed by atoms with Crippen molar-refractivity contribution in [3.8, 4) is 44.5 Å². The summed E-state index contributed by atoms with van der Waals surface area (Å²) in [6, 6.07) is 48.3. The Labute approximate surface area is 346 Å². The Bertz CT molecular complexity index is 2480. The second-order valence-corrected chi connectivity index (χ2v) is 15.9. The molecule has 0 nitrogen and oxygen atoms in total. The molecule has 6 aromatic carbocycles. The van der Waals surface area contributed by atoms with Gasteiger partial charge < -0.3 is 0 Å². The van der Waals surface area contributed by atoms with Crippen LogP contribution < -0.4 is 0 Å². The zero-order valence-electron chi connectivity index (χ0n) is 34.6. The first-order chi connectivity index (χ1) is 27.9. The Kier molecular flexibility index (Phi) is 14.6. The molecule has 1 heteroatoms. The number of allylic oxidation sites excluding steroid dienone is 6. The highest BCUT2D eigenvalue weighted by molar-refractivity contribution is 7.19. The zero-order valence-corrected chi connectivity index (χ0v) is 35.4. The van der Waals surface area contributed by atoms with Crippen LogP contribution in [0.3, 0.4) is 0 Å². The number of fused-ring (bicyclic) bond motifs is 3. The van der Waals surface area contributed by atoms with Crippen LogP contribution in [0, 0.1) is 20.8 Å². The van der Waals surface area contributed by atoms with Gasteiger partial charge in [0.25, 0.3) is 0 Å². The monoisotopic (exact) mass is 760 g/mol. The molecule has 0 spiro atoms. The average Bonchev–Trinajstić information content (AvgIpc) is 3.61. The van der Waals surface area contributed by atoms with Crippen LogP contribution in [0.5, 0.6) is 0 Å². The van der Waals surface area contributed by atoms with Crippen molar-refractivity contribution in [1.82, 2.24) is 0 Å². The number of aryl methyl sites for hydroxylation is 4. The molecule has 0 unspecified atom stereocenters. The lowest BCUT2D eigenvalue weighted by atomic mass is 9.90. The van der Waals surface area contributed by atoms with Gasteiger partial charge in [-0.3, -0.25) is 0 Å². The summed E-state index contributed by atoms with van der Waals surface area (Å²) in [6.07, 6.45) is 22.2. The molecule has 1 aliphatic rings. The highest BCUT2D eigenvalue weighted by Gasteiger charge is 2.16. The lowest BCUT2D eigenvalue weighted by Gasteiger charge is -2.14. The molecule has 7 aromatic rings. The fourth-order valence-electron chi connectivity index (χ4n) is 7.09. The molecule has 0 saturated carbocycles. The minimum atomic E-state index is 1.06. The molecular formula is C56H56S. The third-order valence-corrected chi connectivity index (χ3v) is 11.4. The molecule has 0 fully saturated rings. The Morgan fingerprint density at radius 2 is 1.14 bits per heavy atom. The van der Waals surface area contributed by atoms with Crippen LogP contribution in [-0.2, 0) is 6.42 Å². The number of thiophene rings is 1. The van der Waals surface area contributed by atoms with Crippen molar-refractivity contribution >= 4 is 33.6 Å². The molecule has 0 bridgehead atoms. The molecule has 0 radical (unpaired) electrons. The van der Waals surface area contributed by atoms with Crippen LogP contribution in [0.25, 0.3) is 66.7 Å². The van der Waals surface area contributed by atoms with E-state index in [0.29, 0.717) is 0 Å². The fourth-order valence-corrected chi connectivity index (χ4v) is 8.33. The summed E-state index contributed by atoms with van der Waals surface area (Å²) >= 11 is 1.96. The van der Waals surface area contributed by atoms with E-state index >= 15 is 0 Å². The van der Waals surface area contributed by atoms with Crippen LogP contribution in [0.4, 0.5) is 0 Å². The quantitative estimate of drug-likeness (QED) is 0.135. The van der Waals surface area contributed by atoms with Gasteiger partial charge in [0.15, 0.2) is 0 Å². The predicted molar refractivity (Wildman–Crippen MR) is 255 cm³/mol. The maximum Gasteiger partial charge on any atom is 0.0358 e. The topological polar surface area (TPSA) is 0 Å². The van der Waals surface area contributed by atoms with Gasteiger partial charge >= 0.3 is 0 Å². The predicted octanol–water partition coefficient (Wildman–Crippen LogP) is 17.1. The van der Waals surface area contributed by atoms with Gasteiger partial charge in [0.1, 0.15) is 0 Å². The molecule has 1 aliphatic carbocycles. The van der Waals surface area contributed by atoms with Gasteiger partial charge in [-0.05, 0) is 125 Å². The molecule has 0 aliphatic heterocycles. The summed E-state index contributed by atoms with van der Waals surface area (Å²) in [7, 11) is 0. The molecular weight excluding hydrogens is 705 g/mol. The number of rotatable bonds is 8. The molecule has 57 heavy (non-hydrogen) atoms. The SMILES string of the molecule is CC/C=C/C=C\C=C/c1cc2sc3c(c2cc1-c1ccc(C)c(-c2ccccc2C)c1)C=CCC3.CCC.Cc1ccc(-c2ccc(-c3ccccc3)cc2)cc1. The first-order valence-corrected chi connectivity index (χ1v) is 21.4. The van der Waals surface area contributed by atoms with Crippen LogP contribution in [0.2, 0.25) is 0 Å². The van der Waals surface area contributed by atoms with Crippen LogP contribution in [-0.4, -0.2) is 0 Å². The first kappa shape index (κ1) is 40.9. The maximum absolute atomic E-state index is 2.42. The molecule has 0 atom stereocenters. The van der Waals surface area contributed by atoms with Crippen molar-refractivity contribution in [2.24, 2.45) is 0 Å². The summed E-state index contributed by atoms with van der Waals surface area (Å²) in [5.74, 6) is 0. The lowest BCUT2D eigenvalue weighted by molar-refractivity contribution is 1.02. The van der Waals surface area contributed by atoms with E-state index in [-0.39, 0.29) is 0 Å². The Balaban J connectivity index is 0.000000209. The number of benzene rings is 6. The lowest BCUT2D eigenvalue weighted by Crippen LogP contribution is -1.91. The smallest absolute Gasteiger partial charge is 0.0358 e.